The molecule has 2 rings (SSSR count). The Kier molecular flexibility index (Phi) is 4.38. The molecule has 0 radical (unpaired) electrons. The minimum Gasteiger partial charge on any atom is -0.504 e. The van der Waals surface area contributed by atoms with Crippen LogP contribution in [0.25, 0.3) is 0 Å². The number of ketones is 1. The number of hydrogen-bond donors (Lipinski definition) is 1. The van der Waals surface area contributed by atoms with Gasteiger partial charge in [-0.2, -0.15) is 0 Å². The van der Waals surface area contributed by atoms with E-state index in [2.05, 4.69) is 0 Å². The number of aryl methyl sites for hydroxylation is 1. The van der Waals surface area contributed by atoms with Crippen LogP contribution in [0.1, 0.15) is 34.8 Å². The summed E-state index contributed by atoms with van der Waals surface area (Å²) < 4.78 is 5.06. The molecule has 0 atom stereocenters. The molecule has 2 aromatic carbocycles. The summed E-state index contributed by atoms with van der Waals surface area (Å²) in [6.07, 6.45) is 0.190. The number of rotatable bonds is 4. The van der Waals surface area contributed by atoms with Crippen molar-refractivity contribution in [2.45, 2.75) is 20.3 Å². The number of carbonyl (C=O) groups excluding carboxylic acids is 2. The van der Waals surface area contributed by atoms with Crippen molar-refractivity contribution in [3.05, 3.63) is 59.2 Å². The lowest BCUT2D eigenvalue weighted by Crippen LogP contribution is -2.08. The van der Waals surface area contributed by atoms with Crippen molar-refractivity contribution in [3.8, 4) is 11.5 Å². The number of hydrogen-bond acceptors (Lipinski definition) is 4. The zero-order valence-electron chi connectivity index (χ0n) is 11.9. The third kappa shape index (κ3) is 3.28. The van der Waals surface area contributed by atoms with Gasteiger partial charge >= 0.3 is 5.97 Å². The van der Waals surface area contributed by atoms with Crippen LogP contribution < -0.4 is 4.74 Å². The quantitative estimate of drug-likeness (QED) is 0.532. The van der Waals surface area contributed by atoms with E-state index < -0.39 is 5.97 Å². The van der Waals surface area contributed by atoms with Crippen LogP contribution >= 0.6 is 0 Å². The van der Waals surface area contributed by atoms with Gasteiger partial charge in [-0.3, -0.25) is 9.59 Å². The van der Waals surface area contributed by atoms with Crippen LogP contribution in [0.4, 0.5) is 0 Å². The van der Waals surface area contributed by atoms with Gasteiger partial charge in [0.2, 0.25) is 0 Å². The average molecular weight is 284 g/mol. The molecule has 1 N–H and O–H groups in total. The molecule has 4 heteroatoms. The van der Waals surface area contributed by atoms with Gasteiger partial charge in [-0.1, -0.05) is 37.3 Å². The molecule has 0 spiro atoms. The maximum Gasteiger partial charge on any atom is 0.311 e. The van der Waals surface area contributed by atoms with Crippen molar-refractivity contribution >= 4 is 11.8 Å². The Hall–Kier alpha value is -2.62. The van der Waals surface area contributed by atoms with Crippen molar-refractivity contribution in [2.24, 2.45) is 0 Å². The van der Waals surface area contributed by atoms with E-state index in [1.165, 1.54) is 6.07 Å². The van der Waals surface area contributed by atoms with Crippen LogP contribution in [0, 0.1) is 6.92 Å². The van der Waals surface area contributed by atoms with Gasteiger partial charge < -0.3 is 9.84 Å². The number of benzene rings is 2. The van der Waals surface area contributed by atoms with Gasteiger partial charge in [-0.05, 0) is 24.6 Å². The molecule has 4 nitrogen and oxygen atoms in total. The molecule has 0 unspecified atom stereocenters. The highest BCUT2D eigenvalue weighted by atomic mass is 16.5. The largest absolute Gasteiger partial charge is 0.504 e. The highest BCUT2D eigenvalue weighted by molar-refractivity contribution is 6.11. The maximum absolute atomic E-state index is 12.4. The first kappa shape index (κ1) is 14.8. The van der Waals surface area contributed by atoms with Gasteiger partial charge in [-0.15, -0.1) is 0 Å². The van der Waals surface area contributed by atoms with Crippen LogP contribution in [-0.4, -0.2) is 16.9 Å². The SMILES string of the molecule is CCC(=O)Oc1cc(C)cc(C(=O)c2ccccc2)c1O. The topological polar surface area (TPSA) is 63.6 Å². The second kappa shape index (κ2) is 6.22. The van der Waals surface area contributed by atoms with Crippen molar-refractivity contribution in [2.75, 3.05) is 0 Å². The number of aromatic hydroxyl groups is 1. The second-order valence-electron chi connectivity index (χ2n) is 4.68. The standard InChI is InChI=1S/C17H16O4/c1-3-15(18)21-14-10-11(2)9-13(17(14)20)16(19)12-7-5-4-6-8-12/h4-10,20H,3H2,1-2H3. The Morgan fingerprint density at radius 1 is 1.14 bits per heavy atom. The van der Waals surface area contributed by atoms with E-state index in [0.717, 1.165) is 5.56 Å². The Labute approximate surface area is 123 Å². The molecular formula is C17H16O4. The fraction of sp³-hybridized carbons (Fsp3) is 0.176. The average Bonchev–Trinajstić information content (AvgIpc) is 2.50. The van der Waals surface area contributed by atoms with E-state index in [4.69, 9.17) is 4.74 Å². The lowest BCUT2D eigenvalue weighted by Gasteiger charge is -2.11. The van der Waals surface area contributed by atoms with Gasteiger partial charge in [0.1, 0.15) is 0 Å². The summed E-state index contributed by atoms with van der Waals surface area (Å²) >= 11 is 0. The first-order valence-electron chi connectivity index (χ1n) is 6.67. The molecule has 0 bridgehead atoms. The molecule has 0 saturated carbocycles. The molecule has 0 saturated heterocycles. The second-order valence-corrected chi connectivity index (χ2v) is 4.68. The molecule has 21 heavy (non-hydrogen) atoms. The van der Waals surface area contributed by atoms with Crippen molar-refractivity contribution in [1.29, 1.82) is 0 Å². The predicted molar refractivity (Wildman–Crippen MR) is 78.6 cm³/mol. The predicted octanol–water partition coefficient (Wildman–Crippen LogP) is 3.25. The van der Waals surface area contributed by atoms with Crippen LogP contribution in [0.15, 0.2) is 42.5 Å². The van der Waals surface area contributed by atoms with Crippen molar-refractivity contribution in [3.63, 3.8) is 0 Å². The van der Waals surface area contributed by atoms with E-state index in [0.29, 0.717) is 5.56 Å². The van der Waals surface area contributed by atoms with E-state index in [1.54, 1.807) is 50.2 Å². The summed E-state index contributed by atoms with van der Waals surface area (Å²) in [5.74, 6) is -1.07. The normalized spacial score (nSPS) is 10.2. The molecule has 2 aromatic rings. The molecule has 0 aliphatic rings. The van der Waals surface area contributed by atoms with E-state index in [9.17, 15) is 14.7 Å². The molecule has 0 heterocycles. The summed E-state index contributed by atoms with van der Waals surface area (Å²) in [6, 6.07) is 11.7. The van der Waals surface area contributed by atoms with Crippen LogP contribution in [0.3, 0.4) is 0 Å². The van der Waals surface area contributed by atoms with E-state index in [-0.39, 0.29) is 29.3 Å². The van der Waals surface area contributed by atoms with Crippen LogP contribution in [-0.2, 0) is 4.79 Å². The first-order valence-corrected chi connectivity index (χ1v) is 6.67. The minimum absolute atomic E-state index is 0.0149. The van der Waals surface area contributed by atoms with Gasteiger partial charge in [-0.25, -0.2) is 0 Å². The molecule has 0 fully saturated rings. The van der Waals surface area contributed by atoms with Gasteiger partial charge in [0, 0.05) is 12.0 Å². The number of phenols is 1. The molecule has 0 amide bonds. The summed E-state index contributed by atoms with van der Waals surface area (Å²) in [5, 5.41) is 10.2. The van der Waals surface area contributed by atoms with E-state index in [1.807, 2.05) is 0 Å². The fourth-order valence-corrected chi connectivity index (χ4v) is 1.94. The molecule has 108 valence electrons. The first-order chi connectivity index (χ1) is 10.0. The third-order valence-corrected chi connectivity index (χ3v) is 3.01. The van der Waals surface area contributed by atoms with Crippen molar-refractivity contribution in [1.82, 2.24) is 0 Å². The number of esters is 1. The Morgan fingerprint density at radius 3 is 2.43 bits per heavy atom. The minimum atomic E-state index is -0.464. The third-order valence-electron chi connectivity index (χ3n) is 3.01. The van der Waals surface area contributed by atoms with Crippen LogP contribution in [0.2, 0.25) is 0 Å². The lowest BCUT2D eigenvalue weighted by atomic mass is 10.00. The molecule has 0 aromatic heterocycles. The summed E-state index contributed by atoms with van der Waals surface area (Å²) in [6.45, 7) is 3.43. The van der Waals surface area contributed by atoms with Gasteiger partial charge in [0.15, 0.2) is 17.3 Å². The maximum atomic E-state index is 12.4. The zero-order valence-corrected chi connectivity index (χ0v) is 11.9. The van der Waals surface area contributed by atoms with Crippen LogP contribution in [0.5, 0.6) is 11.5 Å². The van der Waals surface area contributed by atoms with E-state index >= 15 is 0 Å². The Balaban J connectivity index is 2.45. The zero-order chi connectivity index (χ0) is 15.4. The lowest BCUT2D eigenvalue weighted by molar-refractivity contribution is -0.134. The monoisotopic (exact) mass is 284 g/mol. The smallest absolute Gasteiger partial charge is 0.311 e. The highest BCUT2D eigenvalue weighted by Gasteiger charge is 2.19. The molecular weight excluding hydrogens is 268 g/mol. The fourth-order valence-electron chi connectivity index (χ4n) is 1.94. The summed E-state index contributed by atoms with van der Waals surface area (Å²) in [5.41, 5.74) is 1.32. The number of ether oxygens (including phenoxy) is 1. The number of phenolic OH excluding ortho intramolecular Hbond substituents is 1. The van der Waals surface area contributed by atoms with Gasteiger partial charge in [0.25, 0.3) is 0 Å². The number of carbonyl (C=O) groups is 2. The molecule has 0 aliphatic heterocycles. The Bertz CT molecular complexity index is 675. The van der Waals surface area contributed by atoms with Gasteiger partial charge in [0.05, 0.1) is 5.56 Å². The molecule has 0 aliphatic carbocycles. The Morgan fingerprint density at radius 2 is 1.81 bits per heavy atom. The summed E-state index contributed by atoms with van der Waals surface area (Å²) in [7, 11) is 0. The highest BCUT2D eigenvalue weighted by Crippen LogP contribution is 2.33. The summed E-state index contributed by atoms with van der Waals surface area (Å²) in [4.78, 5) is 23.8. The van der Waals surface area contributed by atoms with Crippen molar-refractivity contribution < 1.29 is 19.4 Å².